The standard InChI is InChI=1S/C20H24N2O4/c1-4-26-20(23)16(12-21)15-8-5-13-6-9-17(15)22(13)18-11-14(24-2)7-10-19(18)25-3/h7,10-11,13,17H,4-6,8-9H2,1-3H3. The van der Waals surface area contributed by atoms with E-state index >= 15 is 0 Å². The highest BCUT2D eigenvalue weighted by Crippen LogP contribution is 2.46. The summed E-state index contributed by atoms with van der Waals surface area (Å²) in [6.45, 7) is 2.01. The van der Waals surface area contributed by atoms with Crippen molar-refractivity contribution in [3.63, 3.8) is 0 Å². The zero-order chi connectivity index (χ0) is 18.7. The van der Waals surface area contributed by atoms with Crippen LogP contribution in [0.1, 0.15) is 32.6 Å². The Morgan fingerprint density at radius 3 is 2.73 bits per heavy atom. The quantitative estimate of drug-likeness (QED) is 0.458. The van der Waals surface area contributed by atoms with E-state index in [1.807, 2.05) is 18.2 Å². The van der Waals surface area contributed by atoms with Crippen molar-refractivity contribution in [1.29, 1.82) is 5.26 Å². The first kappa shape index (κ1) is 18.1. The molecule has 0 aromatic heterocycles. The van der Waals surface area contributed by atoms with Gasteiger partial charge in [0.05, 0.1) is 32.6 Å². The number of hydrogen-bond acceptors (Lipinski definition) is 6. The Hall–Kier alpha value is -2.68. The molecule has 3 rings (SSSR count). The number of rotatable bonds is 5. The number of esters is 1. The summed E-state index contributed by atoms with van der Waals surface area (Å²) in [4.78, 5) is 14.5. The average molecular weight is 356 g/mol. The predicted molar refractivity (Wildman–Crippen MR) is 97.3 cm³/mol. The second-order valence-electron chi connectivity index (χ2n) is 6.46. The van der Waals surface area contributed by atoms with Gasteiger partial charge in [0.2, 0.25) is 0 Å². The van der Waals surface area contributed by atoms with Crippen molar-refractivity contribution in [1.82, 2.24) is 0 Å². The number of benzene rings is 1. The van der Waals surface area contributed by atoms with Crippen LogP contribution in [0, 0.1) is 11.3 Å². The molecule has 2 bridgehead atoms. The van der Waals surface area contributed by atoms with E-state index in [-0.39, 0.29) is 18.2 Å². The first-order chi connectivity index (χ1) is 12.6. The summed E-state index contributed by atoms with van der Waals surface area (Å²) >= 11 is 0. The average Bonchev–Trinajstić information content (AvgIpc) is 2.97. The lowest BCUT2D eigenvalue weighted by molar-refractivity contribution is -0.138. The van der Waals surface area contributed by atoms with Crippen molar-refractivity contribution in [2.24, 2.45) is 0 Å². The SMILES string of the molecule is CCOC(=O)C(C#N)=C1CCC2CCC1N2c1cc(OC)ccc1OC. The number of carbonyl (C=O) groups is 1. The fourth-order valence-electron chi connectivity index (χ4n) is 4.10. The maximum Gasteiger partial charge on any atom is 0.348 e. The van der Waals surface area contributed by atoms with Gasteiger partial charge in [-0.15, -0.1) is 0 Å². The predicted octanol–water partition coefficient (Wildman–Crippen LogP) is 3.22. The van der Waals surface area contributed by atoms with E-state index in [0.717, 1.165) is 48.4 Å². The van der Waals surface area contributed by atoms with Crippen molar-refractivity contribution in [3.05, 3.63) is 29.3 Å². The lowest BCUT2D eigenvalue weighted by Gasteiger charge is -2.39. The van der Waals surface area contributed by atoms with Crippen molar-refractivity contribution < 1.29 is 19.0 Å². The molecule has 0 amide bonds. The number of ether oxygens (including phenoxy) is 3. The third-order valence-electron chi connectivity index (χ3n) is 5.23. The van der Waals surface area contributed by atoms with Gasteiger partial charge in [0.15, 0.2) is 0 Å². The summed E-state index contributed by atoms with van der Waals surface area (Å²) in [5.41, 5.74) is 1.98. The Kier molecular flexibility index (Phi) is 5.36. The van der Waals surface area contributed by atoms with Gasteiger partial charge in [-0.2, -0.15) is 5.26 Å². The van der Waals surface area contributed by atoms with E-state index in [1.165, 1.54) is 0 Å². The van der Waals surface area contributed by atoms with E-state index < -0.39 is 5.97 Å². The molecule has 1 aromatic rings. The van der Waals surface area contributed by atoms with Gasteiger partial charge in [0.25, 0.3) is 0 Å². The lowest BCUT2D eigenvalue weighted by Crippen LogP contribution is -2.42. The first-order valence-electron chi connectivity index (χ1n) is 8.95. The van der Waals surface area contributed by atoms with Crippen LogP contribution < -0.4 is 14.4 Å². The third kappa shape index (κ3) is 3.10. The minimum absolute atomic E-state index is 0.00816. The van der Waals surface area contributed by atoms with Gasteiger partial charge in [-0.1, -0.05) is 0 Å². The summed E-state index contributed by atoms with van der Waals surface area (Å²) in [7, 11) is 3.28. The van der Waals surface area contributed by atoms with Crippen LogP contribution in [0.15, 0.2) is 29.3 Å². The molecule has 6 nitrogen and oxygen atoms in total. The monoisotopic (exact) mass is 356 g/mol. The minimum atomic E-state index is -0.520. The molecule has 6 heteroatoms. The number of carbonyl (C=O) groups excluding carboxylic acids is 1. The number of methoxy groups -OCH3 is 2. The Morgan fingerprint density at radius 2 is 2.08 bits per heavy atom. The molecule has 0 spiro atoms. The summed E-state index contributed by atoms with van der Waals surface area (Å²) in [5, 5.41) is 9.57. The van der Waals surface area contributed by atoms with Crippen molar-refractivity contribution in [3.8, 4) is 17.6 Å². The summed E-state index contributed by atoms with van der Waals surface area (Å²) in [6.07, 6.45) is 3.58. The summed E-state index contributed by atoms with van der Waals surface area (Å²) in [6, 6.07) is 8.18. The highest BCUT2D eigenvalue weighted by Gasteiger charge is 2.42. The van der Waals surface area contributed by atoms with Gasteiger partial charge in [-0.25, -0.2) is 4.79 Å². The van der Waals surface area contributed by atoms with E-state index in [9.17, 15) is 10.1 Å². The Morgan fingerprint density at radius 1 is 1.27 bits per heavy atom. The number of nitrogens with zero attached hydrogens (tertiary/aromatic N) is 2. The zero-order valence-electron chi connectivity index (χ0n) is 15.4. The zero-order valence-corrected chi connectivity index (χ0v) is 15.4. The highest BCUT2D eigenvalue weighted by molar-refractivity contribution is 5.94. The van der Waals surface area contributed by atoms with Crippen LogP contribution >= 0.6 is 0 Å². The molecule has 26 heavy (non-hydrogen) atoms. The minimum Gasteiger partial charge on any atom is -0.497 e. The van der Waals surface area contributed by atoms with Gasteiger partial charge in [-0.05, 0) is 50.3 Å². The molecular formula is C20H24N2O4. The van der Waals surface area contributed by atoms with Crippen LogP contribution in [0.4, 0.5) is 5.69 Å². The maximum absolute atomic E-state index is 12.2. The fourth-order valence-corrected chi connectivity index (χ4v) is 4.10. The van der Waals surface area contributed by atoms with Crippen molar-refractivity contribution in [2.75, 3.05) is 25.7 Å². The topological polar surface area (TPSA) is 71.8 Å². The third-order valence-corrected chi connectivity index (χ3v) is 5.23. The van der Waals surface area contributed by atoms with Gasteiger partial charge < -0.3 is 19.1 Å². The van der Waals surface area contributed by atoms with Gasteiger partial charge in [0, 0.05) is 12.1 Å². The molecule has 2 aliphatic rings. The van der Waals surface area contributed by atoms with Crippen LogP contribution in [0.25, 0.3) is 0 Å². The second-order valence-corrected chi connectivity index (χ2v) is 6.46. The van der Waals surface area contributed by atoms with Crippen molar-refractivity contribution in [2.45, 2.75) is 44.7 Å². The molecule has 0 N–H and O–H groups in total. The fraction of sp³-hybridized carbons (Fsp3) is 0.500. The molecule has 2 aliphatic heterocycles. The molecule has 138 valence electrons. The smallest absolute Gasteiger partial charge is 0.348 e. The number of hydrogen-bond donors (Lipinski definition) is 0. The number of nitriles is 1. The lowest BCUT2D eigenvalue weighted by atomic mass is 9.91. The van der Waals surface area contributed by atoms with Crippen LogP contribution in [0.2, 0.25) is 0 Å². The van der Waals surface area contributed by atoms with Crippen LogP contribution in [0.5, 0.6) is 11.5 Å². The van der Waals surface area contributed by atoms with Crippen LogP contribution in [-0.2, 0) is 9.53 Å². The number of anilines is 1. The largest absolute Gasteiger partial charge is 0.497 e. The molecule has 2 atom stereocenters. The van der Waals surface area contributed by atoms with Gasteiger partial charge >= 0.3 is 5.97 Å². The van der Waals surface area contributed by atoms with Gasteiger partial charge in [0.1, 0.15) is 23.1 Å². The molecule has 0 aliphatic carbocycles. The number of piperidine rings is 1. The Bertz CT molecular complexity index is 766. The van der Waals surface area contributed by atoms with Gasteiger partial charge in [-0.3, -0.25) is 0 Å². The molecular weight excluding hydrogens is 332 g/mol. The second kappa shape index (κ2) is 7.69. The van der Waals surface area contributed by atoms with Crippen molar-refractivity contribution >= 4 is 11.7 Å². The normalized spacial score (nSPS) is 23.2. The Balaban J connectivity index is 2.05. The molecule has 0 radical (unpaired) electrons. The molecule has 2 fully saturated rings. The summed E-state index contributed by atoms with van der Waals surface area (Å²) in [5.74, 6) is 0.994. The van der Waals surface area contributed by atoms with E-state index in [0.29, 0.717) is 6.04 Å². The van der Waals surface area contributed by atoms with E-state index in [1.54, 1.807) is 21.1 Å². The van der Waals surface area contributed by atoms with E-state index in [4.69, 9.17) is 14.2 Å². The first-order valence-corrected chi connectivity index (χ1v) is 8.95. The summed E-state index contributed by atoms with van der Waals surface area (Å²) < 4.78 is 16.0. The Labute approximate surface area is 153 Å². The van der Waals surface area contributed by atoms with Crippen LogP contribution in [-0.4, -0.2) is 38.9 Å². The molecule has 2 heterocycles. The molecule has 2 saturated heterocycles. The van der Waals surface area contributed by atoms with E-state index in [2.05, 4.69) is 11.0 Å². The maximum atomic E-state index is 12.2. The molecule has 2 unspecified atom stereocenters. The highest BCUT2D eigenvalue weighted by atomic mass is 16.5. The number of fused-ring (bicyclic) bond motifs is 2. The van der Waals surface area contributed by atoms with Crippen LogP contribution in [0.3, 0.4) is 0 Å². The molecule has 0 saturated carbocycles. The molecule has 1 aromatic carbocycles.